The third-order valence-corrected chi connectivity index (χ3v) is 5.88. The number of carboxylic acid groups (broad SMARTS) is 1. The lowest BCUT2D eigenvalue weighted by atomic mass is 9.80. The van der Waals surface area contributed by atoms with E-state index in [0.29, 0.717) is 44.7 Å². The van der Waals surface area contributed by atoms with Gasteiger partial charge in [0.05, 0.1) is 10.9 Å². The van der Waals surface area contributed by atoms with E-state index < -0.39 is 19.0 Å². The van der Waals surface area contributed by atoms with Crippen LogP contribution in [-0.2, 0) is 0 Å². The van der Waals surface area contributed by atoms with Gasteiger partial charge in [0.1, 0.15) is 11.3 Å². The Hall–Kier alpha value is -4.73. The fourth-order valence-electron chi connectivity index (χ4n) is 4.16. The smallest absolute Gasteiger partial charge is 0.478 e. The summed E-state index contributed by atoms with van der Waals surface area (Å²) in [7, 11) is -1.62. The molecule has 0 bridgehead atoms. The van der Waals surface area contributed by atoms with Crippen molar-refractivity contribution in [2.75, 3.05) is 5.32 Å². The normalized spacial score (nSPS) is 10.9. The minimum atomic E-state index is -1.62. The number of carbonyl (C=O) groups excluding carboxylic acids is 1. The molecule has 36 heavy (non-hydrogen) atoms. The number of fused-ring (bicyclic) bond motifs is 2. The predicted octanol–water partition coefficient (Wildman–Crippen LogP) is 3.31. The number of nitrogens with one attached hydrogen (secondary N) is 2. The van der Waals surface area contributed by atoms with Crippen molar-refractivity contribution in [2.24, 2.45) is 0 Å². The van der Waals surface area contributed by atoms with Crippen LogP contribution in [0.25, 0.3) is 33.4 Å². The summed E-state index contributed by atoms with van der Waals surface area (Å²) in [6.45, 7) is 0. The van der Waals surface area contributed by atoms with Gasteiger partial charge in [-0.15, -0.1) is 0 Å². The molecule has 3 aromatic carbocycles. The van der Waals surface area contributed by atoms with Gasteiger partial charge in [-0.05, 0) is 53.5 Å². The summed E-state index contributed by atoms with van der Waals surface area (Å²) in [6, 6.07) is 22.6. The average molecular weight is 478 g/mol. The van der Waals surface area contributed by atoms with Crippen LogP contribution in [0.4, 0.5) is 5.69 Å². The van der Waals surface area contributed by atoms with Gasteiger partial charge in [0, 0.05) is 39.9 Å². The van der Waals surface area contributed by atoms with E-state index in [1.54, 1.807) is 54.6 Å². The van der Waals surface area contributed by atoms with E-state index in [-0.39, 0.29) is 16.4 Å². The molecule has 1 heterocycles. The topological polar surface area (TPSA) is 144 Å². The van der Waals surface area contributed by atoms with Crippen LogP contribution in [0.15, 0.2) is 89.3 Å². The average Bonchev–Trinajstić information content (AvgIpc) is 2.87. The van der Waals surface area contributed by atoms with Gasteiger partial charge < -0.3 is 30.3 Å². The largest absolute Gasteiger partial charge is 0.488 e. The Morgan fingerprint density at radius 2 is 1.61 bits per heavy atom. The molecule has 1 amide bonds. The number of carboxylic acids is 1. The van der Waals surface area contributed by atoms with Crippen LogP contribution in [0.5, 0.6) is 0 Å². The Labute approximate surface area is 205 Å². The van der Waals surface area contributed by atoms with Gasteiger partial charge in [0.15, 0.2) is 0 Å². The summed E-state index contributed by atoms with van der Waals surface area (Å²) in [6.07, 6.45) is 0. The number of hydrogen-bond acceptors (Lipinski definition) is 6. The second kappa shape index (κ2) is 9.14. The van der Waals surface area contributed by atoms with Crippen LogP contribution >= 0.6 is 0 Å². The van der Waals surface area contributed by atoms with Gasteiger partial charge in [-0.2, -0.15) is 0 Å². The van der Waals surface area contributed by atoms with E-state index >= 15 is 0 Å². The van der Waals surface area contributed by atoms with Crippen LogP contribution in [0.1, 0.15) is 20.7 Å². The summed E-state index contributed by atoms with van der Waals surface area (Å²) in [5.41, 5.74) is 3.40. The summed E-state index contributed by atoms with van der Waals surface area (Å²) < 4.78 is 6.09. The quantitative estimate of drug-likeness (QED) is 0.194. The summed E-state index contributed by atoms with van der Waals surface area (Å²) in [5, 5.41) is 39.9. The van der Waals surface area contributed by atoms with Gasteiger partial charge in [-0.1, -0.05) is 30.3 Å². The maximum Gasteiger partial charge on any atom is 0.488 e. The second-order valence-corrected chi connectivity index (χ2v) is 8.20. The molecule has 5 rings (SSSR count). The molecule has 0 atom stereocenters. The number of carbonyl (C=O) groups is 2. The van der Waals surface area contributed by atoms with Crippen molar-refractivity contribution in [1.29, 1.82) is 5.41 Å². The molecule has 8 nitrogen and oxygen atoms in total. The van der Waals surface area contributed by atoms with Crippen molar-refractivity contribution in [3.63, 3.8) is 0 Å². The number of anilines is 1. The van der Waals surface area contributed by atoms with Crippen LogP contribution in [0.3, 0.4) is 0 Å². The van der Waals surface area contributed by atoms with Crippen molar-refractivity contribution in [2.45, 2.75) is 0 Å². The molecule has 176 valence electrons. The third-order valence-electron chi connectivity index (χ3n) is 5.88. The molecule has 0 spiro atoms. The van der Waals surface area contributed by atoms with Gasteiger partial charge in [-0.3, -0.25) is 4.79 Å². The van der Waals surface area contributed by atoms with E-state index in [1.165, 1.54) is 30.3 Å². The zero-order valence-corrected chi connectivity index (χ0v) is 18.7. The molecule has 0 saturated carbocycles. The first-order chi connectivity index (χ1) is 17.3. The summed E-state index contributed by atoms with van der Waals surface area (Å²) in [5.74, 6) is -1.06. The van der Waals surface area contributed by atoms with Crippen LogP contribution in [0, 0.1) is 5.41 Å². The van der Waals surface area contributed by atoms with Crippen LogP contribution in [-0.4, -0.2) is 34.1 Å². The molecule has 1 aliphatic heterocycles. The molecule has 0 radical (unpaired) electrons. The molecule has 2 aliphatic rings. The Kier molecular flexibility index (Phi) is 5.85. The molecule has 0 aromatic heterocycles. The first-order valence-electron chi connectivity index (χ1n) is 11.0. The zero-order valence-electron chi connectivity index (χ0n) is 18.7. The molecule has 0 unspecified atom stereocenters. The fourth-order valence-corrected chi connectivity index (χ4v) is 4.16. The molecule has 9 heteroatoms. The molecule has 1 aliphatic carbocycles. The van der Waals surface area contributed by atoms with Crippen LogP contribution < -0.4 is 16.1 Å². The zero-order chi connectivity index (χ0) is 25.4. The monoisotopic (exact) mass is 478 g/mol. The lowest BCUT2D eigenvalue weighted by molar-refractivity contribution is 0.0697. The third kappa shape index (κ3) is 4.24. The predicted molar refractivity (Wildman–Crippen MR) is 135 cm³/mol. The standard InChI is InChI=1S/C27H19BN2O6/c29-17-9-11-21-23(13-17)36-24-14-18(30-26(31)15-5-7-16(8-6-15)28(34)35)10-12-22(24)25(21)19-3-1-2-4-20(19)27(32)33/h1-14,29,34-35H,(H,30,31)(H,32,33). The molecular weight excluding hydrogens is 459 g/mol. The maximum atomic E-state index is 12.7. The van der Waals surface area contributed by atoms with E-state index in [1.807, 2.05) is 0 Å². The fraction of sp³-hybridized carbons (Fsp3) is 0. The molecule has 3 aromatic rings. The lowest BCUT2D eigenvalue weighted by Crippen LogP contribution is -2.29. The molecule has 0 fully saturated rings. The second-order valence-electron chi connectivity index (χ2n) is 8.20. The minimum Gasteiger partial charge on any atom is -0.478 e. The Morgan fingerprint density at radius 1 is 0.861 bits per heavy atom. The van der Waals surface area contributed by atoms with Crippen molar-refractivity contribution in [3.05, 3.63) is 101 Å². The maximum absolute atomic E-state index is 12.7. The molecular formula is C27H19BN2O6. The number of rotatable bonds is 5. The van der Waals surface area contributed by atoms with Crippen molar-refractivity contribution in [3.8, 4) is 22.5 Å². The van der Waals surface area contributed by atoms with Crippen molar-refractivity contribution < 1.29 is 29.2 Å². The highest BCUT2D eigenvalue weighted by Crippen LogP contribution is 2.41. The van der Waals surface area contributed by atoms with Crippen molar-refractivity contribution in [1.82, 2.24) is 0 Å². The SMILES string of the molecule is N=c1ccc2c(-c3ccccc3C(=O)O)c3ccc(NC(=O)c4ccc(B(O)O)cc4)cc3oc-2c1. The summed E-state index contributed by atoms with van der Waals surface area (Å²) >= 11 is 0. The van der Waals surface area contributed by atoms with E-state index in [2.05, 4.69) is 5.32 Å². The van der Waals surface area contributed by atoms with Gasteiger partial charge in [0.2, 0.25) is 0 Å². The molecule has 0 saturated heterocycles. The first kappa shape index (κ1) is 23.0. The molecule has 5 N–H and O–H groups in total. The highest BCUT2D eigenvalue weighted by atomic mass is 16.4. The Morgan fingerprint density at radius 3 is 2.33 bits per heavy atom. The Bertz CT molecular complexity index is 1660. The number of aromatic carboxylic acids is 1. The highest BCUT2D eigenvalue weighted by Gasteiger charge is 2.21. The Balaban J connectivity index is 1.63. The van der Waals surface area contributed by atoms with Crippen molar-refractivity contribution >= 4 is 41.1 Å². The van der Waals surface area contributed by atoms with Gasteiger partial charge in [-0.25, -0.2) is 4.79 Å². The highest BCUT2D eigenvalue weighted by molar-refractivity contribution is 6.58. The van der Waals surface area contributed by atoms with Crippen LogP contribution in [0.2, 0.25) is 0 Å². The van der Waals surface area contributed by atoms with E-state index in [9.17, 15) is 24.7 Å². The minimum absolute atomic E-state index is 0.134. The lowest BCUT2D eigenvalue weighted by Gasteiger charge is -2.17. The number of benzene rings is 4. The summed E-state index contributed by atoms with van der Waals surface area (Å²) in [4.78, 5) is 24.7. The van der Waals surface area contributed by atoms with E-state index in [0.717, 1.165) is 0 Å². The van der Waals surface area contributed by atoms with Gasteiger partial charge >= 0.3 is 13.1 Å². The first-order valence-corrected chi connectivity index (χ1v) is 11.0. The van der Waals surface area contributed by atoms with E-state index in [4.69, 9.17) is 9.83 Å². The van der Waals surface area contributed by atoms with Gasteiger partial charge in [0.25, 0.3) is 5.91 Å². The number of hydrogen-bond donors (Lipinski definition) is 5. The number of amides is 1.